The molecule has 0 aliphatic heterocycles. The molecule has 110 valence electrons. The second kappa shape index (κ2) is 7.08. The van der Waals surface area contributed by atoms with Crippen LogP contribution in [0, 0.1) is 6.92 Å². The maximum Gasteiger partial charge on any atom is 0.263 e. The molecule has 0 aliphatic carbocycles. The predicted octanol–water partition coefficient (Wildman–Crippen LogP) is 2.83. The molecule has 0 radical (unpaired) electrons. The van der Waals surface area contributed by atoms with Crippen molar-refractivity contribution in [2.75, 3.05) is 13.1 Å². The summed E-state index contributed by atoms with van der Waals surface area (Å²) in [6.45, 7) is 10.4. The van der Waals surface area contributed by atoms with Crippen LogP contribution in [-0.2, 0) is 4.79 Å². The van der Waals surface area contributed by atoms with Gasteiger partial charge in [0.15, 0.2) is 11.9 Å². The van der Waals surface area contributed by atoms with Gasteiger partial charge in [0.05, 0.1) is 0 Å². The Morgan fingerprint density at radius 3 is 2.30 bits per heavy atom. The minimum atomic E-state index is -0.531. The van der Waals surface area contributed by atoms with Crippen molar-refractivity contribution in [2.45, 2.75) is 40.7 Å². The van der Waals surface area contributed by atoms with Crippen molar-refractivity contribution in [3.05, 3.63) is 29.3 Å². The van der Waals surface area contributed by atoms with Crippen molar-refractivity contribution >= 4 is 11.7 Å². The van der Waals surface area contributed by atoms with Crippen molar-refractivity contribution < 1.29 is 14.3 Å². The number of ether oxygens (including phenoxy) is 1. The summed E-state index contributed by atoms with van der Waals surface area (Å²) in [6, 6.07) is 5.25. The van der Waals surface area contributed by atoms with Gasteiger partial charge in [0.2, 0.25) is 0 Å². The van der Waals surface area contributed by atoms with E-state index < -0.39 is 6.10 Å². The number of hydrogen-bond acceptors (Lipinski definition) is 3. The molecule has 4 nitrogen and oxygen atoms in total. The van der Waals surface area contributed by atoms with Crippen LogP contribution in [-0.4, -0.2) is 35.8 Å². The van der Waals surface area contributed by atoms with Gasteiger partial charge >= 0.3 is 0 Å². The number of amides is 1. The van der Waals surface area contributed by atoms with Crippen LogP contribution >= 0.6 is 0 Å². The zero-order valence-corrected chi connectivity index (χ0v) is 12.9. The average Bonchev–Trinajstić information content (AvgIpc) is 2.41. The minimum absolute atomic E-state index is 0.0203. The number of aryl methyl sites for hydroxylation is 1. The standard InChI is InChI=1S/C16H23NO3/c1-6-17(7-2)16(19)13(5)20-15-9-8-14(12(4)18)10-11(15)3/h8-10,13H,6-7H2,1-5H3. The monoisotopic (exact) mass is 277 g/mol. The number of Topliss-reactive ketones (excluding diaryl/α,β-unsaturated/α-hetero) is 1. The fourth-order valence-corrected chi connectivity index (χ4v) is 2.03. The van der Waals surface area contributed by atoms with Gasteiger partial charge in [-0.2, -0.15) is 0 Å². The van der Waals surface area contributed by atoms with E-state index in [4.69, 9.17) is 4.74 Å². The molecular formula is C16H23NO3. The van der Waals surface area contributed by atoms with Gasteiger partial charge < -0.3 is 9.64 Å². The molecule has 20 heavy (non-hydrogen) atoms. The van der Waals surface area contributed by atoms with Gasteiger partial charge in [0, 0.05) is 18.7 Å². The van der Waals surface area contributed by atoms with E-state index in [0.717, 1.165) is 5.56 Å². The van der Waals surface area contributed by atoms with Crippen LogP contribution in [0.15, 0.2) is 18.2 Å². The Balaban J connectivity index is 2.83. The zero-order chi connectivity index (χ0) is 15.3. The van der Waals surface area contributed by atoms with E-state index in [-0.39, 0.29) is 11.7 Å². The Morgan fingerprint density at radius 1 is 1.25 bits per heavy atom. The van der Waals surface area contributed by atoms with Gasteiger partial charge in [-0.15, -0.1) is 0 Å². The summed E-state index contributed by atoms with van der Waals surface area (Å²) >= 11 is 0. The van der Waals surface area contributed by atoms with Crippen molar-refractivity contribution in [2.24, 2.45) is 0 Å². The zero-order valence-electron chi connectivity index (χ0n) is 12.9. The SMILES string of the molecule is CCN(CC)C(=O)C(C)Oc1ccc(C(C)=O)cc1C. The highest BCUT2D eigenvalue weighted by Crippen LogP contribution is 2.21. The molecule has 0 aromatic heterocycles. The topological polar surface area (TPSA) is 46.6 Å². The summed E-state index contributed by atoms with van der Waals surface area (Å²) in [5.74, 6) is 0.639. The summed E-state index contributed by atoms with van der Waals surface area (Å²) < 4.78 is 5.72. The summed E-state index contributed by atoms with van der Waals surface area (Å²) in [6.07, 6.45) is -0.531. The molecule has 1 amide bonds. The van der Waals surface area contributed by atoms with Crippen LogP contribution in [0.4, 0.5) is 0 Å². The van der Waals surface area contributed by atoms with Gasteiger partial charge in [-0.25, -0.2) is 0 Å². The molecule has 4 heteroatoms. The van der Waals surface area contributed by atoms with E-state index in [9.17, 15) is 9.59 Å². The smallest absolute Gasteiger partial charge is 0.263 e. The highest BCUT2D eigenvalue weighted by Gasteiger charge is 2.20. The van der Waals surface area contributed by atoms with Crippen LogP contribution in [0.5, 0.6) is 5.75 Å². The molecule has 0 aliphatic rings. The molecule has 1 aromatic rings. The average molecular weight is 277 g/mol. The molecule has 0 bridgehead atoms. The molecule has 1 unspecified atom stereocenters. The van der Waals surface area contributed by atoms with E-state index in [1.807, 2.05) is 20.8 Å². The number of ketones is 1. The molecule has 0 fully saturated rings. The van der Waals surface area contributed by atoms with E-state index in [0.29, 0.717) is 24.4 Å². The number of carbonyl (C=O) groups is 2. The third-order valence-corrected chi connectivity index (χ3v) is 3.31. The molecule has 1 rings (SSSR count). The fourth-order valence-electron chi connectivity index (χ4n) is 2.03. The number of hydrogen-bond donors (Lipinski definition) is 0. The number of likely N-dealkylation sites (N-methyl/N-ethyl adjacent to an activating group) is 1. The normalized spacial score (nSPS) is 11.8. The molecule has 0 N–H and O–H groups in total. The Bertz CT molecular complexity index is 492. The van der Waals surface area contributed by atoms with Gasteiger partial charge in [0.25, 0.3) is 5.91 Å². The minimum Gasteiger partial charge on any atom is -0.481 e. The van der Waals surface area contributed by atoms with Crippen molar-refractivity contribution in [1.82, 2.24) is 4.90 Å². The van der Waals surface area contributed by atoms with Crippen LogP contribution in [0.25, 0.3) is 0 Å². The Hall–Kier alpha value is -1.84. The third-order valence-electron chi connectivity index (χ3n) is 3.31. The fraction of sp³-hybridized carbons (Fsp3) is 0.500. The lowest BCUT2D eigenvalue weighted by Gasteiger charge is -2.24. The van der Waals surface area contributed by atoms with Crippen LogP contribution in [0.1, 0.15) is 43.6 Å². The number of rotatable bonds is 6. The van der Waals surface area contributed by atoms with Crippen molar-refractivity contribution in [1.29, 1.82) is 0 Å². The second-order valence-corrected chi connectivity index (χ2v) is 4.81. The molecule has 1 atom stereocenters. The summed E-state index contributed by atoms with van der Waals surface area (Å²) in [5, 5.41) is 0. The first kappa shape index (κ1) is 16.2. The number of benzene rings is 1. The lowest BCUT2D eigenvalue weighted by molar-refractivity contribution is -0.137. The molecule has 1 aromatic carbocycles. The van der Waals surface area contributed by atoms with Crippen LogP contribution in [0.2, 0.25) is 0 Å². The quantitative estimate of drug-likeness (QED) is 0.751. The summed E-state index contributed by atoms with van der Waals surface area (Å²) in [5.41, 5.74) is 1.51. The van der Waals surface area contributed by atoms with Crippen molar-refractivity contribution in [3.8, 4) is 5.75 Å². The van der Waals surface area contributed by atoms with Gasteiger partial charge in [-0.3, -0.25) is 9.59 Å². The van der Waals surface area contributed by atoms with Gasteiger partial charge in [-0.1, -0.05) is 0 Å². The number of carbonyl (C=O) groups excluding carboxylic acids is 2. The Kier molecular flexibility index (Phi) is 5.74. The second-order valence-electron chi connectivity index (χ2n) is 4.81. The summed E-state index contributed by atoms with van der Waals surface area (Å²) in [7, 11) is 0. The van der Waals surface area contributed by atoms with Gasteiger partial charge in [0.1, 0.15) is 5.75 Å². The molecular weight excluding hydrogens is 254 g/mol. The highest BCUT2D eigenvalue weighted by molar-refractivity contribution is 5.94. The van der Waals surface area contributed by atoms with Crippen molar-refractivity contribution in [3.63, 3.8) is 0 Å². The lowest BCUT2D eigenvalue weighted by Crippen LogP contribution is -2.40. The molecule has 0 heterocycles. The maximum absolute atomic E-state index is 12.1. The number of nitrogens with zero attached hydrogens (tertiary/aromatic N) is 1. The molecule has 0 spiro atoms. The third kappa shape index (κ3) is 3.83. The van der Waals surface area contributed by atoms with Crippen LogP contribution < -0.4 is 4.74 Å². The van der Waals surface area contributed by atoms with E-state index in [1.165, 1.54) is 6.92 Å². The van der Waals surface area contributed by atoms with Crippen LogP contribution in [0.3, 0.4) is 0 Å². The molecule has 0 saturated heterocycles. The first-order valence-electron chi connectivity index (χ1n) is 6.97. The lowest BCUT2D eigenvalue weighted by atomic mass is 10.1. The first-order chi connectivity index (χ1) is 9.40. The maximum atomic E-state index is 12.1. The highest BCUT2D eigenvalue weighted by atomic mass is 16.5. The van der Waals surface area contributed by atoms with E-state index >= 15 is 0 Å². The largest absolute Gasteiger partial charge is 0.481 e. The predicted molar refractivity (Wildman–Crippen MR) is 79.2 cm³/mol. The first-order valence-corrected chi connectivity index (χ1v) is 6.97. The van der Waals surface area contributed by atoms with Gasteiger partial charge in [-0.05, 0) is 58.4 Å². The van der Waals surface area contributed by atoms with E-state index in [2.05, 4.69) is 0 Å². The molecule has 0 saturated carbocycles. The van der Waals surface area contributed by atoms with E-state index in [1.54, 1.807) is 30.0 Å². The Labute approximate surface area is 120 Å². The summed E-state index contributed by atoms with van der Waals surface area (Å²) in [4.78, 5) is 25.2. The Morgan fingerprint density at radius 2 is 1.85 bits per heavy atom.